The lowest BCUT2D eigenvalue weighted by atomic mass is 10.1. The van der Waals surface area contributed by atoms with Crippen LogP contribution < -0.4 is 5.32 Å². The molecule has 0 aliphatic carbocycles. The van der Waals surface area contributed by atoms with Gasteiger partial charge in [-0.3, -0.25) is 0 Å². The Labute approximate surface area is 137 Å². The molecule has 2 aromatic heterocycles. The lowest BCUT2D eigenvalue weighted by Gasteiger charge is -2.17. The van der Waals surface area contributed by atoms with E-state index in [9.17, 15) is 0 Å². The second kappa shape index (κ2) is 6.20. The SMILES string of the molecule is CNC(c1cc(Cl)sc1Cl)c1ccnn1-c1ccccc1. The van der Waals surface area contributed by atoms with Crippen LogP contribution in [0.4, 0.5) is 0 Å². The minimum Gasteiger partial charge on any atom is -0.308 e. The van der Waals surface area contributed by atoms with Gasteiger partial charge in [-0.2, -0.15) is 5.10 Å². The van der Waals surface area contributed by atoms with Crippen LogP contribution in [0.5, 0.6) is 0 Å². The molecule has 3 rings (SSSR count). The Hall–Kier alpha value is -1.33. The molecule has 1 aromatic carbocycles. The van der Waals surface area contributed by atoms with Crippen LogP contribution in [-0.2, 0) is 0 Å². The average Bonchev–Trinajstić information content (AvgIpc) is 3.09. The number of nitrogens with one attached hydrogen (secondary N) is 1. The summed E-state index contributed by atoms with van der Waals surface area (Å²) in [5, 5.41) is 7.71. The maximum Gasteiger partial charge on any atom is 0.0996 e. The van der Waals surface area contributed by atoms with Crippen LogP contribution in [0.2, 0.25) is 8.67 Å². The van der Waals surface area contributed by atoms with Crippen molar-refractivity contribution >= 4 is 34.5 Å². The zero-order valence-corrected chi connectivity index (χ0v) is 13.6. The van der Waals surface area contributed by atoms with Crippen LogP contribution in [0, 0.1) is 0 Å². The minimum absolute atomic E-state index is 0.0658. The summed E-state index contributed by atoms with van der Waals surface area (Å²) in [6.07, 6.45) is 1.79. The first-order chi connectivity index (χ1) is 10.2. The monoisotopic (exact) mass is 337 g/mol. The van der Waals surface area contributed by atoms with E-state index in [1.807, 2.05) is 54.2 Å². The smallest absolute Gasteiger partial charge is 0.0996 e. The van der Waals surface area contributed by atoms with E-state index in [0.29, 0.717) is 8.67 Å². The first-order valence-electron chi connectivity index (χ1n) is 6.42. The topological polar surface area (TPSA) is 29.9 Å². The highest BCUT2D eigenvalue weighted by atomic mass is 35.5. The van der Waals surface area contributed by atoms with E-state index in [2.05, 4.69) is 10.4 Å². The van der Waals surface area contributed by atoms with Crippen LogP contribution in [0.3, 0.4) is 0 Å². The molecule has 0 radical (unpaired) electrons. The quantitative estimate of drug-likeness (QED) is 0.756. The Morgan fingerprint density at radius 2 is 1.95 bits per heavy atom. The lowest BCUT2D eigenvalue weighted by Crippen LogP contribution is -2.20. The summed E-state index contributed by atoms with van der Waals surface area (Å²) in [5.74, 6) is 0. The molecule has 0 bridgehead atoms. The van der Waals surface area contributed by atoms with Gasteiger partial charge in [0.2, 0.25) is 0 Å². The maximum atomic E-state index is 6.30. The highest BCUT2D eigenvalue weighted by Gasteiger charge is 2.21. The van der Waals surface area contributed by atoms with E-state index in [4.69, 9.17) is 23.2 Å². The van der Waals surface area contributed by atoms with Gasteiger partial charge in [-0.05, 0) is 31.3 Å². The Balaban J connectivity index is 2.07. The van der Waals surface area contributed by atoms with Gasteiger partial charge in [0.1, 0.15) is 0 Å². The molecular weight excluding hydrogens is 325 g/mol. The number of hydrogen-bond acceptors (Lipinski definition) is 3. The van der Waals surface area contributed by atoms with E-state index in [1.165, 1.54) is 11.3 Å². The van der Waals surface area contributed by atoms with Crippen LogP contribution in [0.1, 0.15) is 17.3 Å². The number of thiophene rings is 1. The fourth-order valence-corrected chi connectivity index (χ4v) is 3.86. The van der Waals surface area contributed by atoms with Gasteiger partial charge in [-0.25, -0.2) is 4.68 Å². The molecule has 0 saturated heterocycles. The molecule has 1 unspecified atom stereocenters. The normalized spacial score (nSPS) is 12.5. The van der Waals surface area contributed by atoms with Crippen LogP contribution >= 0.6 is 34.5 Å². The summed E-state index contributed by atoms with van der Waals surface area (Å²) in [5.41, 5.74) is 2.99. The molecule has 3 aromatic rings. The van der Waals surface area contributed by atoms with Gasteiger partial charge in [-0.15, -0.1) is 11.3 Å². The fraction of sp³-hybridized carbons (Fsp3) is 0.133. The molecule has 3 nitrogen and oxygen atoms in total. The molecule has 0 aliphatic rings. The van der Waals surface area contributed by atoms with Crippen molar-refractivity contribution in [2.75, 3.05) is 7.05 Å². The summed E-state index contributed by atoms with van der Waals surface area (Å²) in [6, 6.07) is 13.8. The fourth-order valence-electron chi connectivity index (χ4n) is 2.33. The molecule has 0 aliphatic heterocycles. The highest BCUT2D eigenvalue weighted by molar-refractivity contribution is 7.20. The van der Waals surface area contributed by atoms with E-state index in [0.717, 1.165) is 16.9 Å². The lowest BCUT2D eigenvalue weighted by molar-refractivity contribution is 0.639. The number of para-hydroxylation sites is 1. The molecule has 0 amide bonds. The van der Waals surface area contributed by atoms with Gasteiger partial charge < -0.3 is 5.32 Å². The summed E-state index contributed by atoms with van der Waals surface area (Å²) >= 11 is 13.7. The van der Waals surface area contributed by atoms with Crippen molar-refractivity contribution in [1.82, 2.24) is 15.1 Å². The van der Waals surface area contributed by atoms with Crippen molar-refractivity contribution in [3.63, 3.8) is 0 Å². The van der Waals surface area contributed by atoms with Gasteiger partial charge in [0.05, 0.1) is 26.1 Å². The van der Waals surface area contributed by atoms with Gasteiger partial charge in [-0.1, -0.05) is 41.4 Å². The molecule has 0 saturated carbocycles. The van der Waals surface area contributed by atoms with Crippen molar-refractivity contribution in [3.8, 4) is 5.69 Å². The Morgan fingerprint density at radius 1 is 1.19 bits per heavy atom. The molecule has 0 fully saturated rings. The molecule has 0 spiro atoms. The molecule has 108 valence electrons. The number of benzene rings is 1. The van der Waals surface area contributed by atoms with Crippen molar-refractivity contribution < 1.29 is 0 Å². The van der Waals surface area contributed by atoms with Gasteiger partial charge in [0.25, 0.3) is 0 Å². The second-order valence-corrected chi connectivity index (χ2v) is 6.79. The Morgan fingerprint density at radius 3 is 2.57 bits per heavy atom. The molecule has 21 heavy (non-hydrogen) atoms. The molecule has 2 heterocycles. The predicted molar refractivity (Wildman–Crippen MR) is 88.8 cm³/mol. The van der Waals surface area contributed by atoms with Crippen molar-refractivity contribution in [3.05, 3.63) is 68.6 Å². The van der Waals surface area contributed by atoms with Crippen LogP contribution in [-0.4, -0.2) is 16.8 Å². The number of halogens is 2. The number of hydrogen-bond donors (Lipinski definition) is 1. The molecule has 1 N–H and O–H groups in total. The van der Waals surface area contributed by atoms with Crippen LogP contribution in [0.25, 0.3) is 5.69 Å². The second-order valence-electron chi connectivity index (χ2n) is 4.50. The van der Waals surface area contributed by atoms with Crippen LogP contribution in [0.15, 0.2) is 48.7 Å². The maximum absolute atomic E-state index is 6.30. The Bertz CT molecular complexity index is 736. The minimum atomic E-state index is -0.0658. The third-order valence-corrected chi connectivity index (χ3v) is 4.77. The third-order valence-electron chi connectivity index (χ3n) is 3.25. The summed E-state index contributed by atoms with van der Waals surface area (Å²) in [7, 11) is 1.90. The van der Waals surface area contributed by atoms with Crippen molar-refractivity contribution in [1.29, 1.82) is 0 Å². The zero-order chi connectivity index (χ0) is 14.8. The average molecular weight is 338 g/mol. The standard InChI is InChI=1S/C15H13Cl2N3S/c1-18-14(11-9-13(16)21-15(11)17)12-7-8-19-20(12)10-5-3-2-4-6-10/h2-9,14,18H,1H3. The number of aromatic nitrogens is 2. The summed E-state index contributed by atoms with van der Waals surface area (Å²) < 4.78 is 3.28. The number of nitrogens with zero attached hydrogens (tertiary/aromatic N) is 2. The molecular formula is C15H13Cl2N3S. The largest absolute Gasteiger partial charge is 0.308 e. The van der Waals surface area contributed by atoms with Crippen molar-refractivity contribution in [2.24, 2.45) is 0 Å². The molecule has 6 heteroatoms. The van der Waals surface area contributed by atoms with E-state index >= 15 is 0 Å². The predicted octanol–water partition coefficient (Wildman–Crippen LogP) is 4.55. The van der Waals surface area contributed by atoms with Crippen molar-refractivity contribution in [2.45, 2.75) is 6.04 Å². The van der Waals surface area contributed by atoms with E-state index in [1.54, 1.807) is 6.20 Å². The first kappa shape index (κ1) is 14.6. The number of rotatable bonds is 4. The molecule has 1 atom stereocenters. The highest BCUT2D eigenvalue weighted by Crippen LogP contribution is 2.37. The zero-order valence-electron chi connectivity index (χ0n) is 11.3. The first-order valence-corrected chi connectivity index (χ1v) is 7.99. The third kappa shape index (κ3) is 2.85. The Kier molecular flexibility index (Phi) is 4.31. The van der Waals surface area contributed by atoms with Gasteiger partial charge in [0.15, 0.2) is 0 Å². The van der Waals surface area contributed by atoms with E-state index < -0.39 is 0 Å². The van der Waals surface area contributed by atoms with E-state index in [-0.39, 0.29) is 6.04 Å². The van der Waals surface area contributed by atoms with Gasteiger partial charge in [0, 0.05) is 11.8 Å². The van der Waals surface area contributed by atoms with Gasteiger partial charge >= 0.3 is 0 Å². The summed E-state index contributed by atoms with van der Waals surface area (Å²) in [6.45, 7) is 0. The summed E-state index contributed by atoms with van der Waals surface area (Å²) in [4.78, 5) is 0.